The summed E-state index contributed by atoms with van der Waals surface area (Å²) in [6.45, 7) is 1.20. The second-order valence-corrected chi connectivity index (χ2v) is 7.65. The molecule has 2 aromatic carbocycles. The van der Waals surface area contributed by atoms with Gasteiger partial charge in [0.05, 0.1) is 24.0 Å². The Morgan fingerprint density at radius 1 is 1.15 bits per heavy atom. The standard InChI is InChI=1S/C23H21F3N4O4/c1-2-34-20(31)17-19(27-21(32)28-22(17,33)23(24,25)26)16-13-30(15-11-7-4-8-12-15)29-18(16)14-9-5-3-6-10-14/h3-13,17,19,33H,2H2,1H3,(H2,27,28,32). The number of esters is 1. The zero-order valence-corrected chi connectivity index (χ0v) is 17.9. The van der Waals surface area contributed by atoms with Gasteiger partial charge in [-0.25, -0.2) is 9.48 Å². The predicted octanol–water partition coefficient (Wildman–Crippen LogP) is 3.32. The van der Waals surface area contributed by atoms with Gasteiger partial charge in [0.2, 0.25) is 0 Å². The summed E-state index contributed by atoms with van der Waals surface area (Å²) < 4.78 is 48.3. The number of halogens is 3. The van der Waals surface area contributed by atoms with Crippen LogP contribution >= 0.6 is 0 Å². The first-order chi connectivity index (χ1) is 16.2. The number of ether oxygens (including phenoxy) is 1. The van der Waals surface area contributed by atoms with Gasteiger partial charge < -0.3 is 20.5 Å². The van der Waals surface area contributed by atoms with Crippen molar-refractivity contribution in [2.75, 3.05) is 6.61 Å². The van der Waals surface area contributed by atoms with E-state index in [0.29, 0.717) is 11.3 Å². The third-order valence-electron chi connectivity index (χ3n) is 5.49. The van der Waals surface area contributed by atoms with Crippen molar-refractivity contribution in [3.8, 4) is 16.9 Å². The quantitative estimate of drug-likeness (QED) is 0.492. The molecule has 178 valence electrons. The third kappa shape index (κ3) is 4.10. The third-order valence-corrected chi connectivity index (χ3v) is 5.49. The average Bonchev–Trinajstić information content (AvgIpc) is 3.24. The van der Waals surface area contributed by atoms with Crippen molar-refractivity contribution in [2.45, 2.75) is 24.9 Å². The average molecular weight is 474 g/mol. The molecule has 3 atom stereocenters. The lowest BCUT2D eigenvalue weighted by Crippen LogP contribution is -2.73. The van der Waals surface area contributed by atoms with E-state index < -0.39 is 35.9 Å². The fourth-order valence-electron chi connectivity index (χ4n) is 3.94. The molecule has 0 saturated carbocycles. The number of alkyl halides is 3. The molecule has 1 saturated heterocycles. The van der Waals surface area contributed by atoms with Crippen LogP contribution in [-0.2, 0) is 9.53 Å². The Labute approximate surface area is 192 Å². The first-order valence-corrected chi connectivity index (χ1v) is 10.4. The van der Waals surface area contributed by atoms with Gasteiger partial charge in [-0.2, -0.15) is 18.3 Å². The van der Waals surface area contributed by atoms with Crippen LogP contribution in [0.3, 0.4) is 0 Å². The minimum atomic E-state index is -5.37. The van der Waals surface area contributed by atoms with Crippen molar-refractivity contribution >= 4 is 12.0 Å². The van der Waals surface area contributed by atoms with Crippen LogP contribution in [0.15, 0.2) is 66.9 Å². The number of benzene rings is 2. The lowest BCUT2D eigenvalue weighted by atomic mass is 9.81. The number of amides is 2. The number of carbonyl (C=O) groups is 2. The van der Waals surface area contributed by atoms with E-state index in [4.69, 9.17) is 4.74 Å². The number of rotatable bonds is 5. The summed E-state index contributed by atoms with van der Waals surface area (Å²) in [6, 6.07) is 14.5. The molecule has 0 spiro atoms. The number of aromatic nitrogens is 2. The van der Waals surface area contributed by atoms with Gasteiger partial charge >= 0.3 is 18.2 Å². The number of urea groups is 1. The lowest BCUT2D eigenvalue weighted by molar-refractivity contribution is -0.294. The van der Waals surface area contributed by atoms with Crippen LogP contribution < -0.4 is 10.6 Å². The van der Waals surface area contributed by atoms with Crippen molar-refractivity contribution in [1.29, 1.82) is 0 Å². The number of para-hydroxylation sites is 1. The summed E-state index contributed by atoms with van der Waals surface area (Å²) in [4.78, 5) is 25.1. The molecule has 2 heterocycles. The van der Waals surface area contributed by atoms with Crippen LogP contribution in [-0.4, -0.2) is 45.4 Å². The first-order valence-electron chi connectivity index (χ1n) is 10.4. The number of nitrogens with zero attached hydrogens (tertiary/aromatic N) is 2. The van der Waals surface area contributed by atoms with Crippen LogP contribution in [0.2, 0.25) is 0 Å². The van der Waals surface area contributed by atoms with Crippen LogP contribution in [0, 0.1) is 5.92 Å². The number of nitrogens with one attached hydrogen (secondary N) is 2. The van der Waals surface area contributed by atoms with E-state index >= 15 is 0 Å². The summed E-state index contributed by atoms with van der Waals surface area (Å²) in [5, 5.41) is 19.0. The molecule has 1 aromatic heterocycles. The topological polar surface area (TPSA) is 105 Å². The van der Waals surface area contributed by atoms with Gasteiger partial charge in [0.25, 0.3) is 5.72 Å². The Morgan fingerprint density at radius 2 is 1.76 bits per heavy atom. The van der Waals surface area contributed by atoms with E-state index in [0.717, 1.165) is 0 Å². The Kier molecular flexibility index (Phi) is 6.05. The molecular weight excluding hydrogens is 453 g/mol. The maximum absolute atomic E-state index is 14.0. The lowest BCUT2D eigenvalue weighted by Gasteiger charge is -2.44. The van der Waals surface area contributed by atoms with Crippen molar-refractivity contribution in [2.24, 2.45) is 5.92 Å². The molecular formula is C23H21F3N4O4. The highest BCUT2D eigenvalue weighted by molar-refractivity contribution is 5.84. The molecule has 0 radical (unpaired) electrons. The summed E-state index contributed by atoms with van der Waals surface area (Å²) in [5.74, 6) is -3.58. The summed E-state index contributed by atoms with van der Waals surface area (Å²) in [5.41, 5.74) is -2.39. The molecule has 1 fully saturated rings. The number of hydrogen-bond donors (Lipinski definition) is 3. The van der Waals surface area contributed by atoms with Gasteiger partial charge in [0.15, 0.2) is 0 Å². The minimum Gasteiger partial charge on any atom is -0.466 e. The van der Waals surface area contributed by atoms with Gasteiger partial charge in [0.1, 0.15) is 5.92 Å². The van der Waals surface area contributed by atoms with Gasteiger partial charge in [-0.3, -0.25) is 4.79 Å². The van der Waals surface area contributed by atoms with Crippen LogP contribution in [0.5, 0.6) is 0 Å². The zero-order chi connectivity index (χ0) is 24.5. The molecule has 1 aliphatic rings. The monoisotopic (exact) mass is 474 g/mol. The molecule has 1 aliphatic heterocycles. The molecule has 3 unspecified atom stereocenters. The molecule has 0 aliphatic carbocycles. The van der Waals surface area contributed by atoms with Crippen LogP contribution in [0.25, 0.3) is 16.9 Å². The van der Waals surface area contributed by atoms with Gasteiger partial charge in [-0.15, -0.1) is 0 Å². The van der Waals surface area contributed by atoms with E-state index in [9.17, 15) is 27.9 Å². The summed E-state index contributed by atoms with van der Waals surface area (Å²) in [7, 11) is 0. The molecule has 3 aromatic rings. The van der Waals surface area contributed by atoms with Crippen LogP contribution in [0.1, 0.15) is 18.5 Å². The van der Waals surface area contributed by atoms with Gasteiger partial charge in [-0.05, 0) is 19.1 Å². The fraction of sp³-hybridized carbons (Fsp3) is 0.261. The largest absolute Gasteiger partial charge is 0.466 e. The molecule has 2 amide bonds. The zero-order valence-electron chi connectivity index (χ0n) is 17.9. The number of hydrogen-bond acceptors (Lipinski definition) is 5. The van der Waals surface area contributed by atoms with E-state index in [1.165, 1.54) is 23.1 Å². The van der Waals surface area contributed by atoms with Crippen molar-refractivity contribution in [1.82, 2.24) is 20.4 Å². The molecule has 34 heavy (non-hydrogen) atoms. The highest BCUT2D eigenvalue weighted by Gasteiger charge is 2.67. The van der Waals surface area contributed by atoms with E-state index in [1.807, 2.05) is 0 Å². The van der Waals surface area contributed by atoms with Crippen molar-refractivity contribution < 1.29 is 32.6 Å². The summed E-state index contributed by atoms with van der Waals surface area (Å²) in [6.07, 6.45) is -3.94. The van der Waals surface area contributed by atoms with Gasteiger partial charge in [-0.1, -0.05) is 48.5 Å². The van der Waals surface area contributed by atoms with Gasteiger partial charge in [0, 0.05) is 17.3 Å². The Bertz CT molecular complexity index is 1180. The molecule has 3 N–H and O–H groups in total. The minimum absolute atomic E-state index is 0.102. The smallest absolute Gasteiger partial charge is 0.437 e. The second-order valence-electron chi connectivity index (χ2n) is 7.65. The van der Waals surface area contributed by atoms with Crippen LogP contribution in [0.4, 0.5) is 18.0 Å². The van der Waals surface area contributed by atoms with Crippen molar-refractivity contribution in [3.63, 3.8) is 0 Å². The predicted molar refractivity (Wildman–Crippen MR) is 115 cm³/mol. The normalized spacial score (nSPS) is 22.6. The number of aliphatic hydroxyl groups is 1. The highest BCUT2D eigenvalue weighted by Crippen LogP contribution is 2.45. The maximum Gasteiger partial charge on any atom is 0.437 e. The second kappa shape index (κ2) is 8.82. The Hall–Kier alpha value is -3.86. The Balaban J connectivity index is 1.93. The first kappa shape index (κ1) is 23.3. The molecule has 4 rings (SSSR count). The SMILES string of the molecule is CCOC(=O)C1C(c2cn(-c3ccccc3)nc2-c2ccccc2)NC(=O)NC1(O)C(F)(F)F. The summed E-state index contributed by atoms with van der Waals surface area (Å²) >= 11 is 0. The van der Waals surface area contributed by atoms with E-state index in [2.05, 4.69) is 10.4 Å². The van der Waals surface area contributed by atoms with Crippen molar-refractivity contribution in [3.05, 3.63) is 72.4 Å². The number of carbonyl (C=O) groups excluding carboxylic acids is 2. The molecule has 8 nitrogen and oxygen atoms in total. The van der Waals surface area contributed by atoms with E-state index in [1.54, 1.807) is 60.7 Å². The molecule has 11 heteroatoms. The molecule has 0 bridgehead atoms. The van der Waals surface area contributed by atoms with E-state index in [-0.39, 0.29) is 17.9 Å². The fourth-order valence-corrected chi connectivity index (χ4v) is 3.94. The Morgan fingerprint density at radius 3 is 2.35 bits per heavy atom. The highest BCUT2D eigenvalue weighted by atomic mass is 19.4. The maximum atomic E-state index is 14.0.